The average Bonchev–Trinajstić information content (AvgIpc) is 3.27. The second kappa shape index (κ2) is 9.34. The van der Waals surface area contributed by atoms with Crippen molar-refractivity contribution in [2.75, 3.05) is 21.3 Å². The van der Waals surface area contributed by atoms with Crippen molar-refractivity contribution in [3.05, 3.63) is 71.0 Å². The Labute approximate surface area is 201 Å². The molecular weight excluding hydrogens is 452 g/mol. The summed E-state index contributed by atoms with van der Waals surface area (Å²) >= 11 is 1.54. The first-order chi connectivity index (χ1) is 16.6. The van der Waals surface area contributed by atoms with E-state index in [-0.39, 0.29) is 11.7 Å². The number of thioether (sulfide) groups is 1. The van der Waals surface area contributed by atoms with Crippen LogP contribution in [0, 0.1) is 0 Å². The summed E-state index contributed by atoms with van der Waals surface area (Å²) in [6.07, 6.45) is 2.73. The van der Waals surface area contributed by atoms with Gasteiger partial charge in [-0.25, -0.2) is 9.50 Å². The number of nitrogens with zero attached hydrogens (tertiary/aromatic N) is 4. The fourth-order valence-corrected chi connectivity index (χ4v) is 5.00. The normalized spacial score (nSPS) is 15.3. The lowest BCUT2D eigenvalue weighted by Crippen LogP contribution is -2.21. The van der Waals surface area contributed by atoms with Gasteiger partial charge in [0.05, 0.1) is 32.6 Å². The SMILES string of the molecule is COc1cc(C2CC(=O)c3cn4nc(SCc5ccccc5)nc4nc3C2)cc(OC)c1OC. The molecule has 2 aromatic heterocycles. The molecule has 0 saturated heterocycles. The molecule has 0 spiro atoms. The van der Waals surface area contributed by atoms with Crippen molar-refractivity contribution in [1.82, 2.24) is 19.6 Å². The molecule has 1 unspecified atom stereocenters. The largest absolute Gasteiger partial charge is 0.493 e. The first kappa shape index (κ1) is 22.2. The Bertz CT molecular complexity index is 1330. The van der Waals surface area contributed by atoms with Crippen LogP contribution in [0.25, 0.3) is 5.78 Å². The molecule has 8 nitrogen and oxygen atoms in total. The van der Waals surface area contributed by atoms with Crippen LogP contribution in [0.5, 0.6) is 17.2 Å². The average molecular weight is 477 g/mol. The molecule has 2 heterocycles. The Morgan fingerprint density at radius 3 is 2.41 bits per heavy atom. The van der Waals surface area contributed by atoms with E-state index in [0.717, 1.165) is 17.0 Å². The Balaban J connectivity index is 1.43. The Morgan fingerprint density at radius 2 is 1.74 bits per heavy atom. The number of ether oxygens (including phenoxy) is 3. The smallest absolute Gasteiger partial charge is 0.253 e. The third kappa shape index (κ3) is 4.19. The fraction of sp³-hybridized carbons (Fsp3) is 0.280. The van der Waals surface area contributed by atoms with Gasteiger partial charge in [-0.15, -0.1) is 5.10 Å². The minimum Gasteiger partial charge on any atom is -0.493 e. The predicted molar refractivity (Wildman–Crippen MR) is 128 cm³/mol. The molecule has 2 aromatic carbocycles. The summed E-state index contributed by atoms with van der Waals surface area (Å²) < 4.78 is 18.0. The highest BCUT2D eigenvalue weighted by molar-refractivity contribution is 7.98. The summed E-state index contributed by atoms with van der Waals surface area (Å²) in [4.78, 5) is 22.3. The van der Waals surface area contributed by atoms with Gasteiger partial charge in [0.25, 0.3) is 5.78 Å². The fourth-order valence-electron chi connectivity index (χ4n) is 4.22. The Morgan fingerprint density at radius 1 is 1.00 bits per heavy atom. The number of carbonyl (C=O) groups is 1. The van der Waals surface area contributed by atoms with Crippen molar-refractivity contribution in [2.45, 2.75) is 29.7 Å². The minimum atomic E-state index is -0.0569. The number of aromatic nitrogens is 4. The molecule has 4 aromatic rings. The Kier molecular flexibility index (Phi) is 6.10. The van der Waals surface area contributed by atoms with Gasteiger partial charge < -0.3 is 14.2 Å². The first-order valence-electron chi connectivity index (χ1n) is 10.9. The van der Waals surface area contributed by atoms with Crippen molar-refractivity contribution >= 4 is 23.3 Å². The van der Waals surface area contributed by atoms with Gasteiger partial charge >= 0.3 is 0 Å². The third-order valence-corrected chi connectivity index (χ3v) is 6.84. The van der Waals surface area contributed by atoms with Gasteiger partial charge in [0.1, 0.15) is 0 Å². The van der Waals surface area contributed by atoms with Gasteiger partial charge in [0.2, 0.25) is 10.9 Å². The molecule has 0 saturated carbocycles. The molecule has 0 amide bonds. The zero-order valence-electron chi connectivity index (χ0n) is 19.1. The van der Waals surface area contributed by atoms with Gasteiger partial charge in [-0.3, -0.25) is 4.79 Å². The molecule has 0 aliphatic heterocycles. The Hall–Kier alpha value is -3.59. The number of rotatable bonds is 7. The van der Waals surface area contributed by atoms with E-state index >= 15 is 0 Å². The van der Waals surface area contributed by atoms with E-state index in [9.17, 15) is 4.79 Å². The molecule has 5 rings (SSSR count). The van der Waals surface area contributed by atoms with Crippen LogP contribution >= 0.6 is 11.8 Å². The lowest BCUT2D eigenvalue weighted by molar-refractivity contribution is 0.0962. The maximum Gasteiger partial charge on any atom is 0.253 e. The highest BCUT2D eigenvalue weighted by Crippen LogP contribution is 2.42. The standard InChI is InChI=1S/C25H24N4O4S/c1-31-21-11-17(12-22(32-2)23(21)33-3)16-9-19-18(20(30)10-16)13-29-24(26-19)27-25(28-29)34-14-15-7-5-4-6-8-15/h4-8,11-13,16H,9-10,14H2,1-3H3. The summed E-state index contributed by atoms with van der Waals surface area (Å²) in [7, 11) is 4.74. The van der Waals surface area contributed by atoms with Gasteiger partial charge in [-0.2, -0.15) is 4.98 Å². The van der Waals surface area contributed by atoms with Gasteiger partial charge in [0.15, 0.2) is 17.3 Å². The summed E-state index contributed by atoms with van der Waals surface area (Å²) in [6, 6.07) is 14.0. The lowest BCUT2D eigenvalue weighted by Gasteiger charge is -2.24. The topological polar surface area (TPSA) is 87.8 Å². The summed E-state index contributed by atoms with van der Waals surface area (Å²) in [6.45, 7) is 0. The molecule has 1 aliphatic rings. The number of benzene rings is 2. The first-order valence-corrected chi connectivity index (χ1v) is 11.8. The van der Waals surface area contributed by atoms with Crippen LogP contribution in [0.4, 0.5) is 0 Å². The van der Waals surface area contributed by atoms with Crippen LogP contribution in [0.1, 0.15) is 39.5 Å². The zero-order valence-corrected chi connectivity index (χ0v) is 20.0. The third-order valence-electron chi connectivity index (χ3n) is 5.93. The number of carbonyl (C=O) groups excluding carboxylic acids is 1. The summed E-state index contributed by atoms with van der Waals surface area (Å²) in [5.74, 6) is 2.89. The number of methoxy groups -OCH3 is 3. The summed E-state index contributed by atoms with van der Waals surface area (Å²) in [5, 5.41) is 5.15. The highest BCUT2D eigenvalue weighted by Gasteiger charge is 2.30. The van der Waals surface area contributed by atoms with Crippen LogP contribution < -0.4 is 14.2 Å². The lowest BCUT2D eigenvalue weighted by atomic mass is 9.82. The van der Waals surface area contributed by atoms with Crippen molar-refractivity contribution < 1.29 is 19.0 Å². The van der Waals surface area contributed by atoms with Crippen molar-refractivity contribution in [3.8, 4) is 17.2 Å². The van der Waals surface area contributed by atoms with E-state index in [0.29, 0.717) is 46.6 Å². The molecule has 174 valence electrons. The molecule has 0 radical (unpaired) electrons. The molecule has 34 heavy (non-hydrogen) atoms. The molecule has 1 atom stereocenters. The number of hydrogen-bond acceptors (Lipinski definition) is 8. The number of hydrogen-bond donors (Lipinski definition) is 0. The second-order valence-corrected chi connectivity index (χ2v) is 8.94. The molecule has 0 fully saturated rings. The van der Waals surface area contributed by atoms with E-state index in [1.807, 2.05) is 30.3 Å². The van der Waals surface area contributed by atoms with Gasteiger partial charge in [-0.1, -0.05) is 42.1 Å². The summed E-state index contributed by atoms with van der Waals surface area (Å²) in [5.41, 5.74) is 3.47. The maximum atomic E-state index is 13.1. The van der Waals surface area contributed by atoms with Crippen LogP contribution in [0.2, 0.25) is 0 Å². The molecule has 9 heteroatoms. The number of fused-ring (bicyclic) bond motifs is 2. The number of Topliss-reactive ketones (excluding diaryl/α,β-unsaturated/α-hetero) is 1. The molecule has 0 N–H and O–H groups in total. The molecule has 1 aliphatic carbocycles. The van der Waals surface area contributed by atoms with Crippen molar-refractivity contribution in [3.63, 3.8) is 0 Å². The quantitative estimate of drug-likeness (QED) is 0.364. The zero-order chi connectivity index (χ0) is 23.7. The van der Waals surface area contributed by atoms with Crippen molar-refractivity contribution in [1.29, 1.82) is 0 Å². The van der Waals surface area contributed by atoms with Crippen molar-refractivity contribution in [2.24, 2.45) is 0 Å². The predicted octanol–water partition coefficient (Wildman–Crippen LogP) is 4.36. The number of ketones is 1. The van der Waals surface area contributed by atoms with E-state index in [4.69, 9.17) is 19.2 Å². The van der Waals surface area contributed by atoms with E-state index in [1.54, 1.807) is 43.8 Å². The monoisotopic (exact) mass is 476 g/mol. The second-order valence-electron chi connectivity index (χ2n) is 8.00. The van der Waals surface area contributed by atoms with E-state index in [1.165, 1.54) is 5.56 Å². The van der Waals surface area contributed by atoms with Crippen LogP contribution in [-0.4, -0.2) is 46.7 Å². The molecular formula is C25H24N4O4S. The highest BCUT2D eigenvalue weighted by atomic mass is 32.2. The van der Waals surface area contributed by atoms with Gasteiger partial charge in [0, 0.05) is 18.4 Å². The van der Waals surface area contributed by atoms with E-state index < -0.39 is 0 Å². The van der Waals surface area contributed by atoms with Crippen LogP contribution in [0.15, 0.2) is 53.8 Å². The van der Waals surface area contributed by atoms with Crippen LogP contribution in [-0.2, 0) is 12.2 Å². The van der Waals surface area contributed by atoms with E-state index in [2.05, 4.69) is 22.2 Å². The maximum absolute atomic E-state index is 13.1. The van der Waals surface area contributed by atoms with Crippen LogP contribution in [0.3, 0.4) is 0 Å². The minimum absolute atomic E-state index is 0.0309. The molecule has 0 bridgehead atoms. The van der Waals surface area contributed by atoms with Gasteiger partial charge in [-0.05, 0) is 35.6 Å².